The minimum atomic E-state index is -0.672. The van der Waals surface area contributed by atoms with Crippen molar-refractivity contribution < 1.29 is 0 Å². The second-order valence-corrected chi connectivity index (χ2v) is 5.52. The molecule has 0 saturated heterocycles. The normalized spacial score (nSPS) is 17.8. The maximum Gasteiger partial charge on any atom is 0.101 e. The third-order valence-corrected chi connectivity index (χ3v) is 3.71. The Morgan fingerprint density at radius 1 is 1.44 bits per heavy atom. The van der Waals surface area contributed by atoms with Gasteiger partial charge in [0.2, 0.25) is 0 Å². The number of hydrogen-bond donors (Lipinski definition) is 1. The number of imidazole rings is 1. The molecule has 2 N–H and O–H groups in total. The van der Waals surface area contributed by atoms with Gasteiger partial charge in [-0.1, -0.05) is 0 Å². The van der Waals surface area contributed by atoms with Gasteiger partial charge in [-0.15, -0.1) is 0 Å². The first kappa shape index (κ1) is 13.1. The third kappa shape index (κ3) is 3.11. The zero-order chi connectivity index (χ0) is 13.0. The van der Waals surface area contributed by atoms with E-state index in [2.05, 4.69) is 15.6 Å². The van der Waals surface area contributed by atoms with E-state index in [-0.39, 0.29) is 0 Å². The minimum absolute atomic E-state index is 0.672. The number of hydrogen-bond acceptors (Lipinski definition) is 3. The summed E-state index contributed by atoms with van der Waals surface area (Å²) in [5.74, 6) is 0. The van der Waals surface area contributed by atoms with Crippen molar-refractivity contribution in [2.24, 2.45) is 5.73 Å². The Hall–Kier alpha value is -1.34. The van der Waals surface area contributed by atoms with Crippen LogP contribution in [0.5, 0.6) is 0 Å². The van der Waals surface area contributed by atoms with Crippen molar-refractivity contribution in [2.45, 2.75) is 64.0 Å². The molecule has 1 atom stereocenters. The number of nitrogens with two attached hydrogens (primary N) is 1. The Morgan fingerprint density at radius 2 is 2.22 bits per heavy atom. The summed E-state index contributed by atoms with van der Waals surface area (Å²) in [7, 11) is 0. The second-order valence-electron chi connectivity index (χ2n) is 5.52. The van der Waals surface area contributed by atoms with Gasteiger partial charge in [-0.3, -0.25) is 0 Å². The molecule has 1 aliphatic rings. The van der Waals surface area contributed by atoms with Crippen molar-refractivity contribution in [3.8, 4) is 6.07 Å². The van der Waals surface area contributed by atoms with Crippen molar-refractivity contribution in [3.05, 3.63) is 17.7 Å². The van der Waals surface area contributed by atoms with Crippen LogP contribution in [0.1, 0.15) is 50.4 Å². The molecule has 0 spiro atoms. The zero-order valence-electron chi connectivity index (χ0n) is 11.2. The van der Waals surface area contributed by atoms with Crippen LogP contribution in [0.25, 0.3) is 0 Å². The summed E-state index contributed by atoms with van der Waals surface area (Å²) in [6.45, 7) is 2.80. The summed E-state index contributed by atoms with van der Waals surface area (Å²) in [6.07, 6.45) is 9.67. The molecule has 1 aromatic rings. The van der Waals surface area contributed by atoms with E-state index in [1.807, 2.05) is 6.33 Å². The molecule has 0 bridgehead atoms. The number of unbranched alkanes of at least 4 members (excludes halogenated alkanes) is 1. The molecular formula is C14H22N4. The van der Waals surface area contributed by atoms with Crippen LogP contribution < -0.4 is 5.73 Å². The second kappa shape index (κ2) is 5.53. The van der Waals surface area contributed by atoms with Gasteiger partial charge in [-0.25, -0.2) is 4.98 Å². The van der Waals surface area contributed by atoms with Gasteiger partial charge in [0.1, 0.15) is 5.54 Å². The summed E-state index contributed by atoms with van der Waals surface area (Å²) in [6, 6.07) is 2.14. The fourth-order valence-electron chi connectivity index (χ4n) is 2.55. The molecular weight excluding hydrogens is 224 g/mol. The van der Waals surface area contributed by atoms with Crippen LogP contribution in [0.15, 0.2) is 6.33 Å². The largest absolute Gasteiger partial charge is 0.334 e. The van der Waals surface area contributed by atoms with Crippen molar-refractivity contribution >= 4 is 0 Å². The van der Waals surface area contributed by atoms with Crippen molar-refractivity contribution in [1.29, 1.82) is 5.26 Å². The molecule has 98 valence electrons. The van der Waals surface area contributed by atoms with Crippen LogP contribution >= 0.6 is 0 Å². The minimum Gasteiger partial charge on any atom is -0.334 e. The molecule has 1 heterocycles. The zero-order valence-corrected chi connectivity index (χ0v) is 11.2. The lowest BCUT2D eigenvalue weighted by Gasteiger charge is -2.16. The van der Waals surface area contributed by atoms with Gasteiger partial charge in [0.15, 0.2) is 0 Å². The fourth-order valence-corrected chi connectivity index (χ4v) is 2.55. The first-order chi connectivity index (χ1) is 8.62. The van der Waals surface area contributed by atoms with E-state index in [9.17, 15) is 0 Å². The summed E-state index contributed by atoms with van der Waals surface area (Å²) in [5.41, 5.74) is 7.86. The van der Waals surface area contributed by atoms with Crippen molar-refractivity contribution in [3.63, 3.8) is 0 Å². The van der Waals surface area contributed by atoms with Crippen LogP contribution in [0.3, 0.4) is 0 Å². The van der Waals surface area contributed by atoms with E-state index < -0.39 is 5.54 Å². The SMILES string of the molecule is CC(N)(C#N)CCCCn1cnc2c1CCCC2. The topological polar surface area (TPSA) is 67.6 Å². The molecule has 0 radical (unpaired) electrons. The first-order valence-electron chi connectivity index (χ1n) is 6.85. The number of aryl methyl sites for hydroxylation is 2. The highest BCUT2D eigenvalue weighted by Gasteiger charge is 2.17. The summed E-state index contributed by atoms with van der Waals surface area (Å²) in [4.78, 5) is 4.49. The highest BCUT2D eigenvalue weighted by molar-refractivity contribution is 5.16. The average molecular weight is 246 g/mol. The van der Waals surface area contributed by atoms with Gasteiger partial charge < -0.3 is 10.3 Å². The van der Waals surface area contributed by atoms with Crippen molar-refractivity contribution in [1.82, 2.24) is 9.55 Å². The van der Waals surface area contributed by atoms with E-state index in [0.29, 0.717) is 0 Å². The predicted molar refractivity (Wildman–Crippen MR) is 70.9 cm³/mol. The summed E-state index contributed by atoms with van der Waals surface area (Å²) in [5, 5.41) is 8.85. The number of aromatic nitrogens is 2. The Bertz CT molecular complexity index is 439. The Morgan fingerprint density at radius 3 is 3.00 bits per heavy atom. The molecule has 1 unspecified atom stereocenters. The Kier molecular flexibility index (Phi) is 4.03. The molecule has 0 aliphatic heterocycles. The lowest BCUT2D eigenvalue weighted by Crippen LogP contribution is -2.33. The monoisotopic (exact) mass is 246 g/mol. The van der Waals surface area contributed by atoms with Gasteiger partial charge >= 0.3 is 0 Å². The quantitative estimate of drug-likeness (QED) is 0.810. The van der Waals surface area contributed by atoms with Crippen molar-refractivity contribution in [2.75, 3.05) is 0 Å². The molecule has 18 heavy (non-hydrogen) atoms. The molecule has 1 aliphatic carbocycles. The number of nitriles is 1. The van der Waals surface area contributed by atoms with Crippen LogP contribution in [0.2, 0.25) is 0 Å². The fraction of sp³-hybridized carbons (Fsp3) is 0.714. The highest BCUT2D eigenvalue weighted by atomic mass is 15.1. The molecule has 0 saturated carbocycles. The van der Waals surface area contributed by atoms with Gasteiger partial charge in [0.05, 0.1) is 18.1 Å². The Balaban J connectivity index is 1.81. The molecule has 0 amide bonds. The van der Waals surface area contributed by atoms with Gasteiger partial charge in [-0.05, 0) is 51.9 Å². The van der Waals surface area contributed by atoms with Gasteiger partial charge in [-0.2, -0.15) is 5.26 Å². The van der Waals surface area contributed by atoms with Crippen LogP contribution in [0.4, 0.5) is 0 Å². The molecule has 4 heteroatoms. The van der Waals surface area contributed by atoms with Gasteiger partial charge in [0.25, 0.3) is 0 Å². The van der Waals surface area contributed by atoms with E-state index in [0.717, 1.165) is 32.2 Å². The van der Waals surface area contributed by atoms with Crippen LogP contribution in [-0.4, -0.2) is 15.1 Å². The van der Waals surface area contributed by atoms with Crippen LogP contribution in [-0.2, 0) is 19.4 Å². The molecule has 0 fully saturated rings. The maximum absolute atomic E-state index is 8.85. The third-order valence-electron chi connectivity index (χ3n) is 3.71. The average Bonchev–Trinajstić information content (AvgIpc) is 2.78. The lowest BCUT2D eigenvalue weighted by molar-refractivity contribution is 0.481. The standard InChI is InChI=1S/C14H22N4/c1-14(16,10-15)8-4-5-9-18-11-17-12-6-2-3-7-13(12)18/h11H,2-9,16H2,1H3. The number of fused-ring (bicyclic) bond motifs is 1. The van der Waals surface area contributed by atoms with E-state index >= 15 is 0 Å². The summed E-state index contributed by atoms with van der Waals surface area (Å²) >= 11 is 0. The summed E-state index contributed by atoms with van der Waals surface area (Å²) < 4.78 is 2.29. The predicted octanol–water partition coefficient (Wildman–Crippen LogP) is 2.17. The van der Waals surface area contributed by atoms with Crippen LogP contribution in [0, 0.1) is 11.3 Å². The molecule has 4 nitrogen and oxygen atoms in total. The molecule has 0 aromatic carbocycles. The van der Waals surface area contributed by atoms with E-state index in [1.54, 1.807) is 6.92 Å². The maximum atomic E-state index is 8.85. The highest BCUT2D eigenvalue weighted by Crippen LogP contribution is 2.20. The van der Waals surface area contributed by atoms with E-state index in [1.165, 1.54) is 30.7 Å². The smallest absolute Gasteiger partial charge is 0.101 e. The van der Waals surface area contributed by atoms with Gasteiger partial charge in [0, 0.05) is 12.2 Å². The Labute approximate surface area is 109 Å². The number of nitrogens with zero attached hydrogens (tertiary/aromatic N) is 3. The number of rotatable bonds is 5. The lowest BCUT2D eigenvalue weighted by atomic mass is 9.98. The first-order valence-corrected chi connectivity index (χ1v) is 6.85. The van der Waals surface area contributed by atoms with E-state index in [4.69, 9.17) is 11.0 Å². The molecule has 2 rings (SSSR count). The molecule has 1 aromatic heterocycles.